The topological polar surface area (TPSA) is 83.5 Å². The van der Waals surface area contributed by atoms with Crippen LogP contribution in [0.2, 0.25) is 0 Å². The van der Waals surface area contributed by atoms with E-state index in [4.69, 9.17) is 0 Å². The van der Waals surface area contributed by atoms with Crippen LogP contribution in [0, 0.1) is 5.92 Å². The van der Waals surface area contributed by atoms with Gasteiger partial charge in [-0.05, 0) is 18.4 Å². The van der Waals surface area contributed by atoms with Gasteiger partial charge >= 0.3 is 0 Å². The van der Waals surface area contributed by atoms with Crippen molar-refractivity contribution in [2.24, 2.45) is 5.92 Å². The monoisotopic (exact) mass is 297 g/mol. The fraction of sp³-hybridized carbons (Fsp3) is 0.500. The highest BCUT2D eigenvalue weighted by molar-refractivity contribution is 7.91. The summed E-state index contributed by atoms with van der Waals surface area (Å²) in [6.45, 7) is -0.167. The van der Waals surface area contributed by atoms with Crippen molar-refractivity contribution in [3.63, 3.8) is 0 Å². The lowest BCUT2D eigenvalue weighted by molar-refractivity contribution is -0.125. The van der Waals surface area contributed by atoms with Crippen LogP contribution in [0.15, 0.2) is 30.3 Å². The highest BCUT2D eigenvalue weighted by Gasteiger charge is 2.33. The van der Waals surface area contributed by atoms with Crippen LogP contribution in [0.4, 0.5) is 0 Å². The molecule has 2 atom stereocenters. The van der Waals surface area contributed by atoms with Crippen molar-refractivity contribution < 1.29 is 18.3 Å². The number of aliphatic hydroxyl groups excluding tert-OH is 1. The van der Waals surface area contributed by atoms with E-state index in [-0.39, 0.29) is 30.1 Å². The fourth-order valence-corrected chi connectivity index (χ4v) is 4.12. The number of sulfone groups is 1. The second-order valence-corrected chi connectivity index (χ2v) is 7.41. The average molecular weight is 297 g/mol. The molecule has 5 nitrogen and oxygen atoms in total. The van der Waals surface area contributed by atoms with Gasteiger partial charge in [-0.2, -0.15) is 0 Å². The number of nitrogens with one attached hydrogen (secondary N) is 1. The lowest BCUT2D eigenvalue weighted by atomic mass is 10.0. The second kappa shape index (κ2) is 6.37. The highest BCUT2D eigenvalue weighted by atomic mass is 32.2. The third-order valence-corrected chi connectivity index (χ3v) is 5.26. The molecule has 1 aromatic carbocycles. The number of aliphatic hydroxyl groups is 1. The molecule has 20 heavy (non-hydrogen) atoms. The summed E-state index contributed by atoms with van der Waals surface area (Å²) in [5, 5.41) is 12.1. The van der Waals surface area contributed by atoms with E-state index in [9.17, 15) is 18.3 Å². The summed E-state index contributed by atoms with van der Waals surface area (Å²) in [5.41, 5.74) is 1.02. The molecule has 0 aliphatic carbocycles. The van der Waals surface area contributed by atoms with Crippen molar-refractivity contribution in [3.05, 3.63) is 35.9 Å². The third kappa shape index (κ3) is 4.05. The van der Waals surface area contributed by atoms with E-state index in [1.54, 1.807) is 0 Å². The normalized spacial score (nSPS) is 22.4. The largest absolute Gasteiger partial charge is 0.394 e. The SMILES string of the molecule is O=C(N[C@@H](CO)Cc1ccccc1)C1CCS(=O)(=O)C1. The van der Waals surface area contributed by atoms with Crippen LogP contribution in [0.25, 0.3) is 0 Å². The Balaban J connectivity index is 1.92. The molecular weight excluding hydrogens is 278 g/mol. The molecule has 0 radical (unpaired) electrons. The van der Waals surface area contributed by atoms with Crippen molar-refractivity contribution in [3.8, 4) is 0 Å². The molecule has 1 saturated heterocycles. The van der Waals surface area contributed by atoms with Gasteiger partial charge in [0.15, 0.2) is 9.84 Å². The maximum atomic E-state index is 12.0. The molecule has 0 spiro atoms. The predicted octanol–water partition coefficient (Wildman–Crippen LogP) is 0.141. The Kier molecular flexibility index (Phi) is 4.77. The van der Waals surface area contributed by atoms with Gasteiger partial charge in [0, 0.05) is 0 Å². The van der Waals surface area contributed by atoms with Crippen LogP contribution in [0.3, 0.4) is 0 Å². The summed E-state index contributed by atoms with van der Waals surface area (Å²) in [4.78, 5) is 12.0. The van der Waals surface area contributed by atoms with Crippen LogP contribution >= 0.6 is 0 Å². The van der Waals surface area contributed by atoms with E-state index in [0.717, 1.165) is 5.56 Å². The van der Waals surface area contributed by atoms with Crippen LogP contribution in [-0.2, 0) is 21.1 Å². The van der Waals surface area contributed by atoms with Crippen molar-refractivity contribution >= 4 is 15.7 Å². The molecule has 1 amide bonds. The van der Waals surface area contributed by atoms with Gasteiger partial charge in [0.25, 0.3) is 0 Å². The summed E-state index contributed by atoms with van der Waals surface area (Å²) in [7, 11) is -3.07. The number of amides is 1. The minimum absolute atomic E-state index is 0.0769. The third-order valence-electron chi connectivity index (χ3n) is 3.49. The minimum Gasteiger partial charge on any atom is -0.394 e. The molecule has 2 rings (SSSR count). The van der Waals surface area contributed by atoms with Gasteiger partial charge in [0.05, 0.1) is 30.1 Å². The lowest BCUT2D eigenvalue weighted by Crippen LogP contribution is -2.42. The maximum absolute atomic E-state index is 12.0. The Labute approximate surface area is 118 Å². The van der Waals surface area contributed by atoms with E-state index in [0.29, 0.717) is 12.8 Å². The minimum atomic E-state index is -3.07. The number of rotatable bonds is 5. The van der Waals surface area contributed by atoms with Crippen LogP contribution in [0.1, 0.15) is 12.0 Å². The molecule has 1 aromatic rings. The number of hydrogen-bond donors (Lipinski definition) is 2. The molecular formula is C14H19NO4S. The van der Waals surface area contributed by atoms with Crippen molar-refractivity contribution in [1.82, 2.24) is 5.32 Å². The first kappa shape index (κ1) is 15.0. The van der Waals surface area contributed by atoms with E-state index < -0.39 is 15.8 Å². The molecule has 1 fully saturated rings. The quantitative estimate of drug-likeness (QED) is 0.810. The molecule has 0 saturated carbocycles. The maximum Gasteiger partial charge on any atom is 0.224 e. The predicted molar refractivity (Wildman–Crippen MR) is 75.9 cm³/mol. The molecule has 6 heteroatoms. The number of carbonyl (C=O) groups excluding carboxylic acids is 1. The molecule has 1 aliphatic heterocycles. The van der Waals surface area contributed by atoms with E-state index in [2.05, 4.69) is 5.32 Å². The fourth-order valence-electron chi connectivity index (χ4n) is 2.38. The molecule has 1 unspecified atom stereocenters. The summed E-state index contributed by atoms with van der Waals surface area (Å²) < 4.78 is 22.7. The Hall–Kier alpha value is -1.40. The van der Waals surface area contributed by atoms with E-state index >= 15 is 0 Å². The molecule has 110 valence electrons. The summed E-state index contributed by atoms with van der Waals surface area (Å²) in [6.07, 6.45) is 0.903. The van der Waals surface area contributed by atoms with Crippen LogP contribution in [0.5, 0.6) is 0 Å². The van der Waals surface area contributed by atoms with Crippen LogP contribution in [-0.4, -0.2) is 43.6 Å². The standard InChI is InChI=1S/C14H19NO4S/c16-9-13(8-11-4-2-1-3-5-11)15-14(17)12-6-7-20(18,19)10-12/h1-5,12-13,16H,6-10H2,(H,15,17)/t12?,13-/m1/s1. The first-order valence-electron chi connectivity index (χ1n) is 6.66. The molecule has 0 aromatic heterocycles. The summed E-state index contributed by atoms with van der Waals surface area (Å²) in [6, 6.07) is 9.17. The van der Waals surface area contributed by atoms with E-state index in [1.807, 2.05) is 30.3 Å². The van der Waals surface area contributed by atoms with Gasteiger partial charge in [-0.25, -0.2) is 8.42 Å². The lowest BCUT2D eigenvalue weighted by Gasteiger charge is -2.18. The van der Waals surface area contributed by atoms with Gasteiger partial charge in [-0.3, -0.25) is 4.79 Å². The number of benzene rings is 1. The van der Waals surface area contributed by atoms with Crippen molar-refractivity contribution in [2.75, 3.05) is 18.1 Å². The Bertz CT molecular complexity index is 556. The molecule has 1 aliphatic rings. The highest BCUT2D eigenvalue weighted by Crippen LogP contribution is 2.18. The van der Waals surface area contributed by atoms with Crippen molar-refractivity contribution in [1.29, 1.82) is 0 Å². The zero-order valence-electron chi connectivity index (χ0n) is 11.2. The zero-order chi connectivity index (χ0) is 14.6. The first-order valence-corrected chi connectivity index (χ1v) is 8.48. The Morgan fingerprint density at radius 3 is 2.60 bits per heavy atom. The smallest absolute Gasteiger partial charge is 0.224 e. The molecule has 0 bridgehead atoms. The average Bonchev–Trinajstić information content (AvgIpc) is 2.79. The Morgan fingerprint density at radius 2 is 2.05 bits per heavy atom. The van der Waals surface area contributed by atoms with Gasteiger partial charge in [-0.15, -0.1) is 0 Å². The van der Waals surface area contributed by atoms with E-state index in [1.165, 1.54) is 0 Å². The van der Waals surface area contributed by atoms with Gasteiger partial charge in [0.1, 0.15) is 0 Å². The number of hydrogen-bond acceptors (Lipinski definition) is 4. The zero-order valence-corrected chi connectivity index (χ0v) is 12.0. The summed E-state index contributed by atoms with van der Waals surface area (Å²) >= 11 is 0. The molecule has 1 heterocycles. The van der Waals surface area contributed by atoms with Gasteiger partial charge in [-0.1, -0.05) is 30.3 Å². The Morgan fingerprint density at radius 1 is 1.35 bits per heavy atom. The first-order chi connectivity index (χ1) is 9.50. The van der Waals surface area contributed by atoms with Crippen LogP contribution < -0.4 is 5.32 Å². The molecule has 2 N–H and O–H groups in total. The van der Waals surface area contributed by atoms with Gasteiger partial charge in [0.2, 0.25) is 5.91 Å². The number of carbonyl (C=O) groups is 1. The summed E-state index contributed by atoms with van der Waals surface area (Å²) in [5.74, 6) is -0.763. The second-order valence-electron chi connectivity index (χ2n) is 5.18. The van der Waals surface area contributed by atoms with Crippen molar-refractivity contribution in [2.45, 2.75) is 18.9 Å². The van der Waals surface area contributed by atoms with Gasteiger partial charge < -0.3 is 10.4 Å².